The maximum Gasteiger partial charge on any atom is 0.0695 e. The molecule has 0 radical (unpaired) electrons. The van der Waals surface area contributed by atoms with Crippen LogP contribution in [0.3, 0.4) is 0 Å². The van der Waals surface area contributed by atoms with Gasteiger partial charge in [-0.3, -0.25) is 4.98 Å². The van der Waals surface area contributed by atoms with E-state index in [2.05, 4.69) is 10.5 Å². The van der Waals surface area contributed by atoms with Crippen LogP contribution in [0, 0.1) is 0 Å². The molecular weight excluding hydrogens is 140 g/mol. The van der Waals surface area contributed by atoms with Gasteiger partial charge in [0.1, 0.15) is 0 Å². The Morgan fingerprint density at radius 3 is 2.18 bits per heavy atom. The van der Waals surface area contributed by atoms with Crippen molar-refractivity contribution in [3.63, 3.8) is 0 Å². The molecule has 0 saturated carbocycles. The number of hydrogen-bond donors (Lipinski definition) is 1. The van der Waals surface area contributed by atoms with Crippen molar-refractivity contribution < 1.29 is 4.84 Å². The molecule has 60 valence electrons. The third-order valence-corrected chi connectivity index (χ3v) is 1.19. The summed E-state index contributed by atoms with van der Waals surface area (Å²) in [5.74, 6) is 0. The third-order valence-electron chi connectivity index (χ3n) is 1.19. The van der Waals surface area contributed by atoms with E-state index in [0.29, 0.717) is 0 Å². The Labute approximate surface area is 66.4 Å². The van der Waals surface area contributed by atoms with Crippen LogP contribution >= 0.6 is 0 Å². The maximum atomic E-state index is 4.69. The molecule has 1 aliphatic rings. The Morgan fingerprint density at radius 2 is 2.00 bits per heavy atom. The van der Waals surface area contributed by atoms with Crippen LogP contribution in [0.15, 0.2) is 30.6 Å². The smallest absolute Gasteiger partial charge is 0.0695 e. The first-order chi connectivity index (χ1) is 5.50. The van der Waals surface area contributed by atoms with Crippen LogP contribution in [-0.4, -0.2) is 18.1 Å². The first-order valence-corrected chi connectivity index (χ1v) is 3.70. The first kappa shape index (κ1) is 8.17. The summed E-state index contributed by atoms with van der Waals surface area (Å²) in [4.78, 5) is 8.48. The van der Waals surface area contributed by atoms with Crippen LogP contribution in [0.5, 0.6) is 0 Å². The summed E-state index contributed by atoms with van der Waals surface area (Å²) in [7, 11) is 0. The van der Waals surface area contributed by atoms with Gasteiger partial charge in [0.05, 0.1) is 6.61 Å². The van der Waals surface area contributed by atoms with Gasteiger partial charge in [0.15, 0.2) is 0 Å². The summed E-state index contributed by atoms with van der Waals surface area (Å²) < 4.78 is 0. The lowest BCUT2D eigenvalue weighted by molar-refractivity contribution is 0.103. The molecule has 1 N–H and O–H groups in total. The molecule has 3 heteroatoms. The predicted molar refractivity (Wildman–Crippen MR) is 42.8 cm³/mol. The summed E-state index contributed by atoms with van der Waals surface area (Å²) in [6.07, 6.45) is 4.67. The average molecular weight is 152 g/mol. The zero-order valence-electron chi connectivity index (χ0n) is 6.36. The molecule has 0 amide bonds. The average Bonchev–Trinajstić information content (AvgIpc) is 2.64. The molecule has 3 nitrogen and oxygen atoms in total. The highest BCUT2D eigenvalue weighted by atomic mass is 16.6. The first-order valence-electron chi connectivity index (χ1n) is 3.70. The van der Waals surface area contributed by atoms with E-state index in [1.54, 1.807) is 12.4 Å². The zero-order valence-corrected chi connectivity index (χ0v) is 6.36. The monoisotopic (exact) mass is 152 g/mol. The minimum absolute atomic E-state index is 0.889. The highest BCUT2D eigenvalue weighted by Gasteiger charge is 1.93. The molecule has 1 aliphatic heterocycles. The van der Waals surface area contributed by atoms with Crippen molar-refractivity contribution in [1.29, 1.82) is 0 Å². The van der Waals surface area contributed by atoms with Crippen molar-refractivity contribution in [3.8, 4) is 0 Å². The van der Waals surface area contributed by atoms with Crippen LogP contribution in [0.1, 0.15) is 6.42 Å². The fraction of sp³-hybridized carbons (Fsp3) is 0.375. The van der Waals surface area contributed by atoms with Gasteiger partial charge in [-0.2, -0.15) is 0 Å². The SMILES string of the molecule is C1CNOC1.c1ccncc1. The number of aromatic nitrogens is 1. The number of nitrogens with one attached hydrogen (secondary N) is 1. The number of hydrogen-bond acceptors (Lipinski definition) is 3. The van der Waals surface area contributed by atoms with Crippen molar-refractivity contribution >= 4 is 0 Å². The lowest BCUT2D eigenvalue weighted by Gasteiger charge is -1.80. The van der Waals surface area contributed by atoms with Gasteiger partial charge < -0.3 is 4.84 Å². The number of nitrogens with zero attached hydrogens (tertiary/aromatic N) is 1. The molecule has 0 aliphatic carbocycles. The molecule has 11 heavy (non-hydrogen) atoms. The van der Waals surface area contributed by atoms with Gasteiger partial charge in [-0.1, -0.05) is 6.07 Å². The quantitative estimate of drug-likeness (QED) is 0.602. The van der Waals surface area contributed by atoms with Crippen molar-refractivity contribution in [2.24, 2.45) is 0 Å². The molecule has 1 fully saturated rings. The van der Waals surface area contributed by atoms with E-state index in [-0.39, 0.29) is 0 Å². The largest absolute Gasteiger partial charge is 0.302 e. The standard InChI is InChI=1S/C5H5N.C3H7NO/c1-2-4-6-5-3-1;1-2-4-5-3-1/h1-5H;4H,1-3H2. The number of hydroxylamine groups is 1. The van der Waals surface area contributed by atoms with E-state index in [4.69, 9.17) is 4.84 Å². The van der Waals surface area contributed by atoms with E-state index in [1.165, 1.54) is 6.42 Å². The van der Waals surface area contributed by atoms with Crippen molar-refractivity contribution in [1.82, 2.24) is 10.5 Å². The summed E-state index contributed by atoms with van der Waals surface area (Å²) in [6.45, 7) is 1.92. The highest BCUT2D eigenvalue weighted by molar-refractivity contribution is 4.88. The van der Waals surface area contributed by atoms with Gasteiger partial charge in [-0.25, -0.2) is 5.48 Å². The van der Waals surface area contributed by atoms with Gasteiger partial charge in [-0.05, 0) is 18.6 Å². The van der Waals surface area contributed by atoms with E-state index in [0.717, 1.165) is 13.2 Å². The molecule has 0 unspecified atom stereocenters. The summed E-state index contributed by atoms with van der Waals surface area (Å²) >= 11 is 0. The lowest BCUT2D eigenvalue weighted by Crippen LogP contribution is -2.01. The summed E-state index contributed by atoms with van der Waals surface area (Å²) in [6, 6.07) is 5.72. The third kappa shape index (κ3) is 4.47. The van der Waals surface area contributed by atoms with Crippen molar-refractivity contribution in [3.05, 3.63) is 30.6 Å². The Balaban J connectivity index is 0.000000112. The minimum Gasteiger partial charge on any atom is -0.302 e. The van der Waals surface area contributed by atoms with Gasteiger partial charge in [0, 0.05) is 18.9 Å². The second-order valence-corrected chi connectivity index (χ2v) is 2.12. The molecule has 0 atom stereocenters. The molecule has 1 aromatic heterocycles. The Bertz CT molecular complexity index is 129. The highest BCUT2D eigenvalue weighted by Crippen LogP contribution is 1.83. The van der Waals surface area contributed by atoms with Crippen LogP contribution < -0.4 is 5.48 Å². The van der Waals surface area contributed by atoms with E-state index >= 15 is 0 Å². The molecule has 2 rings (SSSR count). The fourth-order valence-corrected chi connectivity index (χ4v) is 0.673. The Morgan fingerprint density at radius 1 is 1.18 bits per heavy atom. The van der Waals surface area contributed by atoms with Crippen LogP contribution in [-0.2, 0) is 4.84 Å². The van der Waals surface area contributed by atoms with Crippen LogP contribution in [0.4, 0.5) is 0 Å². The molecule has 1 aromatic rings. The van der Waals surface area contributed by atoms with Gasteiger partial charge >= 0.3 is 0 Å². The minimum atomic E-state index is 0.889. The normalized spacial score (nSPS) is 15.3. The molecule has 2 heterocycles. The Hall–Kier alpha value is -0.930. The van der Waals surface area contributed by atoms with Gasteiger partial charge in [0.25, 0.3) is 0 Å². The summed E-state index contributed by atoms with van der Waals surface area (Å²) in [5, 5.41) is 0. The lowest BCUT2D eigenvalue weighted by atomic mass is 10.5. The molecule has 0 aromatic carbocycles. The summed E-state index contributed by atoms with van der Waals surface area (Å²) in [5.41, 5.74) is 2.72. The molecular formula is C8H12N2O. The predicted octanol–water partition coefficient (Wildman–Crippen LogP) is 0.993. The maximum absolute atomic E-state index is 4.69. The van der Waals surface area contributed by atoms with E-state index in [9.17, 15) is 0 Å². The Kier molecular flexibility index (Phi) is 4.33. The molecule has 1 saturated heterocycles. The van der Waals surface area contributed by atoms with Crippen molar-refractivity contribution in [2.45, 2.75) is 6.42 Å². The fourth-order valence-electron chi connectivity index (χ4n) is 0.673. The second kappa shape index (κ2) is 5.82. The zero-order chi connectivity index (χ0) is 7.78. The van der Waals surface area contributed by atoms with Crippen molar-refractivity contribution in [2.75, 3.05) is 13.2 Å². The van der Waals surface area contributed by atoms with E-state index in [1.807, 2.05) is 18.2 Å². The molecule has 0 spiro atoms. The number of rotatable bonds is 0. The molecule has 0 bridgehead atoms. The van der Waals surface area contributed by atoms with Gasteiger partial charge in [0.2, 0.25) is 0 Å². The van der Waals surface area contributed by atoms with Crippen LogP contribution in [0.2, 0.25) is 0 Å². The van der Waals surface area contributed by atoms with Crippen LogP contribution in [0.25, 0.3) is 0 Å². The van der Waals surface area contributed by atoms with Gasteiger partial charge in [-0.15, -0.1) is 0 Å². The second-order valence-electron chi connectivity index (χ2n) is 2.12. The topological polar surface area (TPSA) is 34.1 Å². The van der Waals surface area contributed by atoms with E-state index < -0.39 is 0 Å². The number of pyridine rings is 1.